The zero-order valence-corrected chi connectivity index (χ0v) is 8.60. The average Bonchev–Trinajstić information content (AvgIpc) is 2.33. The summed E-state index contributed by atoms with van der Waals surface area (Å²) >= 11 is 0. The summed E-state index contributed by atoms with van der Waals surface area (Å²) in [5.41, 5.74) is 6.84. The number of halogens is 1. The molecule has 2 aromatic carbocycles. The molecule has 2 nitrogen and oxygen atoms in total. The van der Waals surface area contributed by atoms with Crippen molar-refractivity contribution in [1.82, 2.24) is 0 Å². The van der Waals surface area contributed by atoms with Gasteiger partial charge in [0.25, 0.3) is 0 Å². The highest BCUT2D eigenvalue weighted by Gasteiger charge is 2.11. The van der Waals surface area contributed by atoms with Crippen molar-refractivity contribution < 1.29 is 9.50 Å². The van der Waals surface area contributed by atoms with Crippen LogP contribution in [0.2, 0.25) is 0 Å². The van der Waals surface area contributed by atoms with Gasteiger partial charge in [-0.1, -0.05) is 36.4 Å². The zero-order valence-electron chi connectivity index (χ0n) is 8.60. The first kappa shape index (κ1) is 10.6. The van der Waals surface area contributed by atoms with E-state index < -0.39 is 11.9 Å². The Morgan fingerprint density at radius 2 is 1.69 bits per heavy atom. The summed E-state index contributed by atoms with van der Waals surface area (Å²) in [5, 5.41) is 10.0. The summed E-state index contributed by atoms with van der Waals surface area (Å²) in [6.07, 6.45) is -0.774. The van der Waals surface area contributed by atoms with Crippen LogP contribution in [0.5, 0.6) is 0 Å². The number of nitrogens with two attached hydrogens (primary N) is 1. The third-order valence-electron chi connectivity index (χ3n) is 2.45. The molecule has 82 valence electrons. The molecular weight excluding hydrogens is 205 g/mol. The second kappa shape index (κ2) is 4.33. The lowest BCUT2D eigenvalue weighted by Crippen LogP contribution is -2.01. The van der Waals surface area contributed by atoms with Gasteiger partial charge in [0.2, 0.25) is 0 Å². The quantitative estimate of drug-likeness (QED) is 0.759. The summed E-state index contributed by atoms with van der Waals surface area (Å²) in [5.74, 6) is -0.469. The van der Waals surface area contributed by atoms with Crippen molar-refractivity contribution in [2.45, 2.75) is 6.10 Å². The van der Waals surface area contributed by atoms with Crippen molar-refractivity contribution in [2.24, 2.45) is 0 Å². The summed E-state index contributed by atoms with van der Waals surface area (Å²) in [6, 6.07) is 13.4. The molecule has 0 radical (unpaired) electrons. The number of hydrogen-bond donors (Lipinski definition) is 2. The van der Waals surface area contributed by atoms with Crippen LogP contribution in [0, 0.1) is 5.82 Å². The van der Waals surface area contributed by atoms with Gasteiger partial charge < -0.3 is 10.8 Å². The van der Waals surface area contributed by atoms with Crippen LogP contribution in [0.15, 0.2) is 48.5 Å². The number of aliphatic hydroxyl groups excluding tert-OH is 1. The Labute approximate surface area is 93.2 Å². The molecule has 0 spiro atoms. The molecule has 0 bridgehead atoms. The Kier molecular flexibility index (Phi) is 2.88. The SMILES string of the molecule is Nc1cc(C(O)c2ccccc2)ccc1F. The first-order valence-electron chi connectivity index (χ1n) is 4.96. The highest BCUT2D eigenvalue weighted by molar-refractivity contribution is 5.44. The van der Waals surface area contributed by atoms with Crippen LogP contribution in [0.3, 0.4) is 0 Å². The lowest BCUT2D eigenvalue weighted by atomic mass is 10.0. The monoisotopic (exact) mass is 217 g/mol. The molecule has 0 saturated carbocycles. The number of hydrogen-bond acceptors (Lipinski definition) is 2. The van der Waals surface area contributed by atoms with E-state index in [2.05, 4.69) is 0 Å². The Bertz CT molecular complexity index is 485. The minimum absolute atomic E-state index is 0.0486. The maximum Gasteiger partial charge on any atom is 0.146 e. The average molecular weight is 217 g/mol. The van der Waals surface area contributed by atoms with Gasteiger partial charge in [0.15, 0.2) is 0 Å². The van der Waals surface area contributed by atoms with Crippen molar-refractivity contribution in [1.29, 1.82) is 0 Å². The van der Waals surface area contributed by atoms with Gasteiger partial charge in [-0.25, -0.2) is 4.39 Å². The third kappa shape index (κ3) is 2.04. The smallest absolute Gasteiger partial charge is 0.146 e. The van der Waals surface area contributed by atoms with Gasteiger partial charge in [-0.2, -0.15) is 0 Å². The number of anilines is 1. The van der Waals surface area contributed by atoms with Crippen LogP contribution in [-0.2, 0) is 0 Å². The van der Waals surface area contributed by atoms with E-state index in [0.717, 1.165) is 5.56 Å². The highest BCUT2D eigenvalue weighted by Crippen LogP contribution is 2.24. The summed E-state index contributed by atoms with van der Waals surface area (Å²) in [7, 11) is 0. The van der Waals surface area contributed by atoms with E-state index >= 15 is 0 Å². The number of rotatable bonds is 2. The van der Waals surface area contributed by atoms with E-state index in [1.165, 1.54) is 18.2 Å². The predicted octanol–water partition coefficient (Wildman–Crippen LogP) is 2.49. The van der Waals surface area contributed by atoms with Gasteiger partial charge in [-0.3, -0.25) is 0 Å². The molecule has 0 aliphatic carbocycles. The van der Waals surface area contributed by atoms with Crippen LogP contribution < -0.4 is 5.73 Å². The first-order chi connectivity index (χ1) is 7.68. The van der Waals surface area contributed by atoms with Gasteiger partial charge in [-0.15, -0.1) is 0 Å². The second-order valence-electron chi connectivity index (χ2n) is 3.59. The fraction of sp³-hybridized carbons (Fsp3) is 0.0769. The Balaban J connectivity index is 2.34. The molecule has 0 fully saturated rings. The van der Waals surface area contributed by atoms with E-state index in [0.29, 0.717) is 5.56 Å². The van der Waals surface area contributed by atoms with Crippen molar-refractivity contribution in [2.75, 3.05) is 5.73 Å². The van der Waals surface area contributed by atoms with Gasteiger partial charge in [0.05, 0.1) is 5.69 Å². The van der Waals surface area contributed by atoms with Crippen molar-refractivity contribution in [3.05, 3.63) is 65.5 Å². The first-order valence-corrected chi connectivity index (χ1v) is 4.96. The normalized spacial score (nSPS) is 12.4. The third-order valence-corrected chi connectivity index (χ3v) is 2.45. The van der Waals surface area contributed by atoms with Crippen LogP contribution in [0.1, 0.15) is 17.2 Å². The van der Waals surface area contributed by atoms with E-state index in [4.69, 9.17) is 5.73 Å². The van der Waals surface area contributed by atoms with E-state index in [1.54, 1.807) is 0 Å². The summed E-state index contributed by atoms with van der Waals surface area (Å²) in [4.78, 5) is 0. The van der Waals surface area contributed by atoms with Crippen molar-refractivity contribution in [3.8, 4) is 0 Å². The molecule has 2 aromatic rings. The number of aliphatic hydroxyl groups is 1. The molecule has 0 aromatic heterocycles. The lowest BCUT2D eigenvalue weighted by Gasteiger charge is -2.12. The van der Waals surface area contributed by atoms with Gasteiger partial charge in [-0.05, 0) is 23.3 Å². The fourth-order valence-corrected chi connectivity index (χ4v) is 1.56. The Morgan fingerprint density at radius 3 is 2.31 bits per heavy atom. The van der Waals surface area contributed by atoms with Crippen LogP contribution in [0.25, 0.3) is 0 Å². The highest BCUT2D eigenvalue weighted by atomic mass is 19.1. The molecule has 3 N–H and O–H groups in total. The molecule has 0 aliphatic rings. The predicted molar refractivity (Wildman–Crippen MR) is 61.3 cm³/mol. The van der Waals surface area contributed by atoms with Crippen LogP contribution in [-0.4, -0.2) is 5.11 Å². The molecule has 1 atom stereocenters. The molecular formula is C13H12FNO. The summed E-state index contributed by atoms with van der Waals surface area (Å²) < 4.78 is 13.0. The standard InChI is InChI=1S/C13H12FNO/c14-11-7-6-10(8-12(11)15)13(16)9-4-2-1-3-5-9/h1-8,13,16H,15H2. The van der Waals surface area contributed by atoms with E-state index in [-0.39, 0.29) is 5.69 Å². The summed E-state index contributed by atoms with van der Waals surface area (Å²) in [6.45, 7) is 0. The molecule has 2 rings (SSSR count). The molecule has 1 unspecified atom stereocenters. The van der Waals surface area contributed by atoms with Gasteiger partial charge in [0.1, 0.15) is 11.9 Å². The van der Waals surface area contributed by atoms with E-state index in [9.17, 15) is 9.50 Å². The molecule has 0 amide bonds. The molecule has 3 heteroatoms. The fourth-order valence-electron chi connectivity index (χ4n) is 1.56. The lowest BCUT2D eigenvalue weighted by molar-refractivity contribution is 0.220. The van der Waals surface area contributed by atoms with Gasteiger partial charge >= 0.3 is 0 Å². The maximum absolute atomic E-state index is 13.0. The van der Waals surface area contributed by atoms with Crippen molar-refractivity contribution in [3.63, 3.8) is 0 Å². The zero-order chi connectivity index (χ0) is 11.5. The molecule has 0 heterocycles. The molecule has 0 aliphatic heterocycles. The minimum atomic E-state index is -0.774. The number of benzene rings is 2. The Morgan fingerprint density at radius 1 is 1.00 bits per heavy atom. The van der Waals surface area contributed by atoms with Gasteiger partial charge in [0, 0.05) is 0 Å². The largest absolute Gasteiger partial charge is 0.396 e. The van der Waals surface area contributed by atoms with Crippen LogP contribution in [0.4, 0.5) is 10.1 Å². The second-order valence-corrected chi connectivity index (χ2v) is 3.59. The van der Waals surface area contributed by atoms with Crippen LogP contribution >= 0.6 is 0 Å². The molecule has 0 saturated heterocycles. The minimum Gasteiger partial charge on any atom is -0.396 e. The Hall–Kier alpha value is -1.87. The molecule has 16 heavy (non-hydrogen) atoms. The number of nitrogen functional groups attached to an aromatic ring is 1. The van der Waals surface area contributed by atoms with Crippen molar-refractivity contribution >= 4 is 5.69 Å². The maximum atomic E-state index is 13.0. The van der Waals surface area contributed by atoms with E-state index in [1.807, 2.05) is 30.3 Å². The topological polar surface area (TPSA) is 46.2 Å².